The molecule has 0 radical (unpaired) electrons. The van der Waals surface area contributed by atoms with Gasteiger partial charge in [-0.2, -0.15) is 4.98 Å². The lowest BCUT2D eigenvalue weighted by molar-refractivity contribution is 0.413. The highest BCUT2D eigenvalue weighted by atomic mass is 16.5. The number of aromatic nitrogens is 4. The van der Waals surface area contributed by atoms with E-state index in [-0.39, 0.29) is 0 Å². The van der Waals surface area contributed by atoms with Crippen molar-refractivity contribution in [1.82, 2.24) is 19.7 Å². The van der Waals surface area contributed by atoms with Gasteiger partial charge in [-0.1, -0.05) is 5.16 Å². The zero-order chi connectivity index (χ0) is 13.9. The Hall–Kier alpha value is -2.63. The van der Waals surface area contributed by atoms with E-state index >= 15 is 0 Å². The predicted octanol–water partition coefficient (Wildman–Crippen LogP) is 2.30. The van der Waals surface area contributed by atoms with Gasteiger partial charge in [-0.05, 0) is 31.2 Å². The summed E-state index contributed by atoms with van der Waals surface area (Å²) in [6.45, 7) is 2.48. The van der Waals surface area contributed by atoms with Crippen molar-refractivity contribution in [2.75, 3.05) is 7.11 Å². The molecule has 0 saturated carbocycles. The Morgan fingerprint density at radius 3 is 2.70 bits per heavy atom. The normalized spacial score (nSPS) is 10.7. The summed E-state index contributed by atoms with van der Waals surface area (Å²) in [5, 5.41) is 3.99. The number of imidazole rings is 1. The lowest BCUT2D eigenvalue weighted by Crippen LogP contribution is -2.02. The van der Waals surface area contributed by atoms with Gasteiger partial charge in [-0.15, -0.1) is 0 Å². The van der Waals surface area contributed by atoms with Crippen molar-refractivity contribution in [3.8, 4) is 17.2 Å². The molecule has 6 nitrogen and oxygen atoms in total. The Morgan fingerprint density at radius 2 is 2.05 bits per heavy atom. The van der Waals surface area contributed by atoms with Gasteiger partial charge in [-0.3, -0.25) is 0 Å². The van der Waals surface area contributed by atoms with E-state index in [0.29, 0.717) is 18.3 Å². The third-order valence-electron chi connectivity index (χ3n) is 3.04. The number of benzene rings is 1. The van der Waals surface area contributed by atoms with Gasteiger partial charge in [0, 0.05) is 18.0 Å². The van der Waals surface area contributed by atoms with Crippen molar-refractivity contribution in [3.05, 3.63) is 48.3 Å². The molecule has 0 aliphatic carbocycles. The van der Waals surface area contributed by atoms with E-state index in [1.54, 1.807) is 13.3 Å². The first kappa shape index (κ1) is 12.4. The van der Waals surface area contributed by atoms with Crippen molar-refractivity contribution in [3.63, 3.8) is 0 Å². The minimum atomic E-state index is 0.500. The highest BCUT2D eigenvalue weighted by Gasteiger charge is 2.10. The van der Waals surface area contributed by atoms with Crippen LogP contribution in [-0.2, 0) is 6.54 Å². The van der Waals surface area contributed by atoms with Gasteiger partial charge in [0.05, 0.1) is 13.7 Å². The number of ether oxygens (including phenoxy) is 1. The van der Waals surface area contributed by atoms with Crippen LogP contribution in [0, 0.1) is 6.92 Å². The number of methoxy groups -OCH3 is 1. The SMILES string of the molecule is COc1ccc(-c2nc(Cn3ccnc3C)no2)cc1. The van der Waals surface area contributed by atoms with Crippen molar-refractivity contribution < 1.29 is 9.26 Å². The summed E-state index contributed by atoms with van der Waals surface area (Å²) < 4.78 is 12.4. The standard InChI is InChI=1S/C14H14N4O2/c1-10-15-7-8-18(10)9-13-16-14(20-17-13)11-3-5-12(19-2)6-4-11/h3-8H,9H2,1-2H3. The molecule has 3 aromatic rings. The van der Waals surface area contributed by atoms with E-state index in [9.17, 15) is 0 Å². The van der Waals surface area contributed by atoms with Gasteiger partial charge in [-0.25, -0.2) is 4.98 Å². The minimum Gasteiger partial charge on any atom is -0.497 e. The van der Waals surface area contributed by atoms with Crippen molar-refractivity contribution >= 4 is 0 Å². The second-order valence-electron chi connectivity index (χ2n) is 4.35. The fraction of sp³-hybridized carbons (Fsp3) is 0.214. The maximum Gasteiger partial charge on any atom is 0.257 e. The quantitative estimate of drug-likeness (QED) is 0.727. The van der Waals surface area contributed by atoms with Crippen LogP contribution in [0.1, 0.15) is 11.6 Å². The molecule has 0 fully saturated rings. The van der Waals surface area contributed by atoms with Gasteiger partial charge < -0.3 is 13.8 Å². The Bertz CT molecular complexity index is 700. The number of hydrogen-bond donors (Lipinski definition) is 0. The Labute approximate surface area is 116 Å². The van der Waals surface area contributed by atoms with Crippen LogP contribution in [0.2, 0.25) is 0 Å². The molecule has 6 heteroatoms. The Morgan fingerprint density at radius 1 is 1.25 bits per heavy atom. The van der Waals surface area contributed by atoms with Crippen LogP contribution >= 0.6 is 0 Å². The smallest absolute Gasteiger partial charge is 0.257 e. The van der Waals surface area contributed by atoms with E-state index in [4.69, 9.17) is 9.26 Å². The van der Waals surface area contributed by atoms with Crippen LogP contribution in [0.4, 0.5) is 0 Å². The number of rotatable bonds is 4. The molecule has 0 saturated heterocycles. The predicted molar refractivity (Wildman–Crippen MR) is 72.4 cm³/mol. The zero-order valence-corrected chi connectivity index (χ0v) is 11.3. The monoisotopic (exact) mass is 270 g/mol. The molecule has 1 aromatic carbocycles. The molecule has 3 rings (SSSR count). The molecule has 2 heterocycles. The highest BCUT2D eigenvalue weighted by molar-refractivity contribution is 5.54. The summed E-state index contributed by atoms with van der Waals surface area (Å²) in [5.41, 5.74) is 0.868. The minimum absolute atomic E-state index is 0.500. The lowest BCUT2D eigenvalue weighted by Gasteiger charge is -1.99. The molecule has 0 amide bonds. The largest absolute Gasteiger partial charge is 0.497 e. The summed E-state index contributed by atoms with van der Waals surface area (Å²) in [6.07, 6.45) is 3.64. The summed E-state index contributed by atoms with van der Waals surface area (Å²) in [4.78, 5) is 8.54. The second kappa shape index (κ2) is 5.16. The summed E-state index contributed by atoms with van der Waals surface area (Å²) in [6, 6.07) is 7.50. The highest BCUT2D eigenvalue weighted by Crippen LogP contribution is 2.20. The fourth-order valence-electron chi connectivity index (χ4n) is 1.89. The van der Waals surface area contributed by atoms with Gasteiger partial charge in [0.1, 0.15) is 11.6 Å². The van der Waals surface area contributed by atoms with Crippen molar-refractivity contribution in [2.24, 2.45) is 0 Å². The third kappa shape index (κ3) is 2.40. The molecule has 0 spiro atoms. The molecule has 0 aliphatic heterocycles. The summed E-state index contributed by atoms with van der Waals surface area (Å²) in [7, 11) is 1.63. The van der Waals surface area contributed by atoms with E-state index < -0.39 is 0 Å². The van der Waals surface area contributed by atoms with E-state index in [2.05, 4.69) is 15.1 Å². The van der Waals surface area contributed by atoms with E-state index in [1.165, 1.54) is 0 Å². The molecule has 0 bridgehead atoms. The van der Waals surface area contributed by atoms with E-state index in [1.807, 2.05) is 42.0 Å². The maximum absolute atomic E-state index is 5.28. The van der Waals surface area contributed by atoms with Crippen LogP contribution < -0.4 is 4.74 Å². The first-order valence-corrected chi connectivity index (χ1v) is 6.21. The lowest BCUT2D eigenvalue weighted by atomic mass is 10.2. The van der Waals surface area contributed by atoms with E-state index in [0.717, 1.165) is 17.1 Å². The van der Waals surface area contributed by atoms with Crippen LogP contribution in [0.15, 0.2) is 41.2 Å². The molecule has 0 atom stereocenters. The average molecular weight is 270 g/mol. The van der Waals surface area contributed by atoms with Gasteiger partial charge in [0.25, 0.3) is 5.89 Å². The first-order chi connectivity index (χ1) is 9.76. The van der Waals surface area contributed by atoms with Gasteiger partial charge >= 0.3 is 0 Å². The number of hydrogen-bond acceptors (Lipinski definition) is 5. The Kier molecular flexibility index (Phi) is 3.20. The van der Waals surface area contributed by atoms with Crippen LogP contribution in [0.3, 0.4) is 0 Å². The fourth-order valence-corrected chi connectivity index (χ4v) is 1.89. The molecule has 0 unspecified atom stereocenters. The Balaban J connectivity index is 1.80. The maximum atomic E-state index is 5.28. The topological polar surface area (TPSA) is 66.0 Å². The average Bonchev–Trinajstić information content (AvgIpc) is 3.10. The number of aryl methyl sites for hydroxylation is 1. The van der Waals surface area contributed by atoms with Crippen LogP contribution in [0.5, 0.6) is 5.75 Å². The molecular formula is C14H14N4O2. The third-order valence-corrected chi connectivity index (χ3v) is 3.04. The molecule has 0 N–H and O–H groups in total. The van der Waals surface area contributed by atoms with Crippen molar-refractivity contribution in [1.29, 1.82) is 0 Å². The molecule has 0 aliphatic rings. The second-order valence-corrected chi connectivity index (χ2v) is 4.35. The van der Waals surface area contributed by atoms with Crippen LogP contribution in [-0.4, -0.2) is 26.8 Å². The number of nitrogens with zero attached hydrogens (tertiary/aromatic N) is 4. The van der Waals surface area contributed by atoms with Crippen molar-refractivity contribution in [2.45, 2.75) is 13.5 Å². The zero-order valence-electron chi connectivity index (χ0n) is 11.3. The summed E-state index contributed by atoms with van der Waals surface area (Å²) >= 11 is 0. The molecule has 102 valence electrons. The molecular weight excluding hydrogens is 256 g/mol. The summed E-state index contributed by atoms with van der Waals surface area (Å²) in [5.74, 6) is 2.83. The van der Waals surface area contributed by atoms with Crippen LogP contribution in [0.25, 0.3) is 11.5 Å². The molecule has 20 heavy (non-hydrogen) atoms. The molecule has 2 aromatic heterocycles. The first-order valence-electron chi connectivity index (χ1n) is 6.21. The van der Waals surface area contributed by atoms with Gasteiger partial charge in [0.15, 0.2) is 5.82 Å². The van der Waals surface area contributed by atoms with Gasteiger partial charge in [0.2, 0.25) is 0 Å².